The highest BCUT2D eigenvalue weighted by atomic mass is 32.1. The van der Waals surface area contributed by atoms with Gasteiger partial charge in [-0.1, -0.05) is 34.0 Å². The summed E-state index contributed by atoms with van der Waals surface area (Å²) in [7, 11) is 0. The largest absolute Gasteiger partial charge is 0.326 e. The SMILES string of the molecule is O=C(CCn1nnc2ccccc2c1=O)Nc1ccc(-c2csnn2)cc1. The molecule has 134 valence electrons. The van der Waals surface area contributed by atoms with Gasteiger partial charge in [-0.15, -0.1) is 10.2 Å². The summed E-state index contributed by atoms with van der Waals surface area (Å²) < 4.78 is 5.04. The Morgan fingerprint density at radius 3 is 2.67 bits per heavy atom. The molecular formula is C18H14N6O2S. The Hall–Kier alpha value is -3.46. The maximum Gasteiger partial charge on any atom is 0.277 e. The standard InChI is InChI=1S/C18H14N6O2S/c25-17(19-13-7-5-12(6-8-13)16-11-27-23-21-16)9-10-24-18(26)14-3-1-2-4-15(14)20-22-24/h1-8,11H,9-10H2,(H,19,25). The Morgan fingerprint density at radius 2 is 1.89 bits per heavy atom. The zero-order valence-electron chi connectivity index (χ0n) is 14.1. The first-order chi connectivity index (χ1) is 13.2. The van der Waals surface area contributed by atoms with Gasteiger partial charge in [0.25, 0.3) is 5.56 Å². The van der Waals surface area contributed by atoms with Crippen molar-refractivity contribution >= 4 is 34.0 Å². The molecule has 0 aliphatic carbocycles. The fourth-order valence-electron chi connectivity index (χ4n) is 2.62. The first-order valence-corrected chi connectivity index (χ1v) is 9.04. The zero-order valence-corrected chi connectivity index (χ0v) is 14.9. The molecule has 27 heavy (non-hydrogen) atoms. The van der Waals surface area contributed by atoms with E-state index in [2.05, 4.69) is 25.2 Å². The van der Waals surface area contributed by atoms with E-state index in [0.29, 0.717) is 16.6 Å². The van der Waals surface area contributed by atoms with Crippen molar-refractivity contribution in [2.24, 2.45) is 0 Å². The van der Waals surface area contributed by atoms with Crippen LogP contribution in [-0.4, -0.2) is 30.5 Å². The highest BCUT2D eigenvalue weighted by molar-refractivity contribution is 7.03. The van der Waals surface area contributed by atoms with E-state index in [1.807, 2.05) is 17.5 Å². The number of anilines is 1. The number of amides is 1. The van der Waals surface area contributed by atoms with Crippen molar-refractivity contribution in [1.29, 1.82) is 0 Å². The minimum Gasteiger partial charge on any atom is -0.326 e. The summed E-state index contributed by atoms with van der Waals surface area (Å²) in [4.78, 5) is 24.5. The number of nitrogens with zero attached hydrogens (tertiary/aromatic N) is 5. The Labute approximate surface area is 157 Å². The van der Waals surface area contributed by atoms with Gasteiger partial charge in [-0.25, -0.2) is 4.68 Å². The molecule has 0 fully saturated rings. The molecule has 2 aromatic carbocycles. The summed E-state index contributed by atoms with van der Waals surface area (Å²) in [5, 5.41) is 17.1. The second-order valence-corrected chi connectivity index (χ2v) is 6.41. The molecule has 0 bridgehead atoms. The van der Waals surface area contributed by atoms with Crippen LogP contribution in [0.2, 0.25) is 0 Å². The number of rotatable bonds is 5. The van der Waals surface area contributed by atoms with Crippen LogP contribution in [0.25, 0.3) is 22.2 Å². The molecule has 1 N–H and O–H groups in total. The number of aromatic nitrogens is 5. The normalized spacial score (nSPS) is 10.8. The van der Waals surface area contributed by atoms with Crippen LogP contribution < -0.4 is 10.9 Å². The summed E-state index contributed by atoms with van der Waals surface area (Å²) in [6.45, 7) is 0.158. The fraction of sp³-hybridized carbons (Fsp3) is 0.111. The molecule has 0 aliphatic rings. The molecule has 1 amide bonds. The average Bonchev–Trinajstić information content (AvgIpc) is 3.23. The van der Waals surface area contributed by atoms with E-state index in [1.54, 1.807) is 36.4 Å². The van der Waals surface area contributed by atoms with Crippen LogP contribution in [0, 0.1) is 0 Å². The number of fused-ring (bicyclic) bond motifs is 1. The number of carbonyl (C=O) groups is 1. The van der Waals surface area contributed by atoms with Crippen LogP contribution in [0.3, 0.4) is 0 Å². The fourth-order valence-corrected chi connectivity index (χ4v) is 3.08. The van der Waals surface area contributed by atoms with Gasteiger partial charge in [-0.3, -0.25) is 9.59 Å². The molecule has 4 aromatic rings. The van der Waals surface area contributed by atoms with Crippen LogP contribution in [0.15, 0.2) is 58.7 Å². The molecule has 2 aromatic heterocycles. The molecule has 0 atom stereocenters. The number of aryl methyl sites for hydroxylation is 1. The van der Waals surface area contributed by atoms with Gasteiger partial charge in [0.1, 0.15) is 11.2 Å². The molecule has 0 saturated carbocycles. The smallest absolute Gasteiger partial charge is 0.277 e. The lowest BCUT2D eigenvalue weighted by Crippen LogP contribution is -2.26. The number of carbonyl (C=O) groups excluding carboxylic acids is 1. The van der Waals surface area contributed by atoms with Crippen molar-refractivity contribution in [2.75, 3.05) is 5.32 Å². The Morgan fingerprint density at radius 1 is 1.07 bits per heavy atom. The van der Waals surface area contributed by atoms with Crippen molar-refractivity contribution in [2.45, 2.75) is 13.0 Å². The maximum absolute atomic E-state index is 12.4. The van der Waals surface area contributed by atoms with Gasteiger partial charge in [0.15, 0.2) is 0 Å². The van der Waals surface area contributed by atoms with Crippen molar-refractivity contribution < 1.29 is 4.79 Å². The van der Waals surface area contributed by atoms with Gasteiger partial charge in [0.2, 0.25) is 5.91 Å². The van der Waals surface area contributed by atoms with E-state index in [9.17, 15) is 9.59 Å². The van der Waals surface area contributed by atoms with Crippen LogP contribution in [0.5, 0.6) is 0 Å². The van der Waals surface area contributed by atoms with E-state index in [1.165, 1.54) is 16.2 Å². The second-order valence-electron chi connectivity index (χ2n) is 5.80. The quantitative estimate of drug-likeness (QED) is 0.572. The van der Waals surface area contributed by atoms with Gasteiger partial charge in [-0.05, 0) is 35.8 Å². The van der Waals surface area contributed by atoms with Gasteiger partial charge in [0.05, 0.1) is 11.9 Å². The molecule has 0 aliphatic heterocycles. The molecule has 0 saturated heterocycles. The first kappa shape index (κ1) is 17.0. The molecule has 0 spiro atoms. The molecule has 9 heteroatoms. The van der Waals surface area contributed by atoms with Crippen molar-refractivity contribution in [1.82, 2.24) is 24.6 Å². The monoisotopic (exact) mass is 378 g/mol. The van der Waals surface area contributed by atoms with Crippen molar-refractivity contribution in [3.63, 3.8) is 0 Å². The zero-order chi connectivity index (χ0) is 18.6. The lowest BCUT2D eigenvalue weighted by molar-refractivity contribution is -0.116. The molecule has 4 rings (SSSR count). The molecule has 8 nitrogen and oxygen atoms in total. The Bertz CT molecular complexity index is 1140. The van der Waals surface area contributed by atoms with Gasteiger partial charge in [-0.2, -0.15) is 0 Å². The van der Waals surface area contributed by atoms with Crippen molar-refractivity contribution in [3.8, 4) is 11.3 Å². The summed E-state index contributed by atoms with van der Waals surface area (Å²) in [5.41, 5.74) is 2.68. The van der Waals surface area contributed by atoms with E-state index < -0.39 is 0 Å². The maximum atomic E-state index is 12.4. The first-order valence-electron chi connectivity index (χ1n) is 8.20. The predicted octanol–water partition coefficient (Wildman–Crippen LogP) is 2.34. The number of hydrogen-bond donors (Lipinski definition) is 1. The molecular weight excluding hydrogens is 364 g/mol. The van der Waals surface area contributed by atoms with Crippen LogP contribution >= 0.6 is 11.5 Å². The lowest BCUT2D eigenvalue weighted by atomic mass is 10.1. The van der Waals surface area contributed by atoms with Crippen LogP contribution in [0.4, 0.5) is 5.69 Å². The second kappa shape index (κ2) is 7.42. The Balaban J connectivity index is 1.40. The number of hydrogen-bond acceptors (Lipinski definition) is 7. The van der Waals surface area contributed by atoms with Gasteiger partial charge < -0.3 is 5.32 Å². The van der Waals surface area contributed by atoms with Crippen molar-refractivity contribution in [3.05, 3.63) is 64.3 Å². The third-order valence-corrected chi connectivity index (χ3v) is 4.51. The third-order valence-electron chi connectivity index (χ3n) is 4.00. The number of nitrogens with one attached hydrogen (secondary N) is 1. The molecule has 2 heterocycles. The summed E-state index contributed by atoms with van der Waals surface area (Å²) >= 11 is 1.29. The van der Waals surface area contributed by atoms with E-state index in [0.717, 1.165) is 11.3 Å². The Kier molecular flexibility index (Phi) is 4.67. The minimum atomic E-state index is -0.255. The van der Waals surface area contributed by atoms with Gasteiger partial charge in [0, 0.05) is 23.1 Å². The number of benzene rings is 2. The molecule has 0 unspecified atom stereocenters. The predicted molar refractivity (Wildman–Crippen MR) is 102 cm³/mol. The topological polar surface area (TPSA) is 103 Å². The van der Waals surface area contributed by atoms with E-state index in [-0.39, 0.29) is 24.4 Å². The minimum absolute atomic E-state index is 0.116. The molecule has 0 radical (unpaired) electrons. The van der Waals surface area contributed by atoms with Crippen LogP contribution in [-0.2, 0) is 11.3 Å². The van der Waals surface area contributed by atoms with E-state index in [4.69, 9.17) is 0 Å². The summed E-state index contributed by atoms with van der Waals surface area (Å²) in [6.07, 6.45) is 0.116. The van der Waals surface area contributed by atoms with Crippen LogP contribution in [0.1, 0.15) is 6.42 Å². The van der Waals surface area contributed by atoms with Gasteiger partial charge >= 0.3 is 0 Å². The third kappa shape index (κ3) is 3.72. The highest BCUT2D eigenvalue weighted by Crippen LogP contribution is 2.20. The lowest BCUT2D eigenvalue weighted by Gasteiger charge is -2.07. The van der Waals surface area contributed by atoms with E-state index >= 15 is 0 Å². The average molecular weight is 378 g/mol. The summed E-state index contributed by atoms with van der Waals surface area (Å²) in [5.74, 6) is -0.208. The highest BCUT2D eigenvalue weighted by Gasteiger charge is 2.08. The summed E-state index contributed by atoms with van der Waals surface area (Å²) in [6, 6.07) is 14.3.